The zero-order valence-corrected chi connectivity index (χ0v) is 16.7. The summed E-state index contributed by atoms with van der Waals surface area (Å²) < 4.78 is 14.1. The SMILES string of the molecule is CCNC(=NCCc1nc2ccccc2[nH]1)N1CCN(c2ccccc2F)CC1. The van der Waals surface area contributed by atoms with E-state index in [9.17, 15) is 4.39 Å². The second kappa shape index (κ2) is 8.94. The van der Waals surface area contributed by atoms with E-state index in [2.05, 4.69) is 32.0 Å². The molecule has 7 heteroatoms. The van der Waals surface area contributed by atoms with Crippen molar-refractivity contribution in [2.75, 3.05) is 44.2 Å². The fourth-order valence-electron chi connectivity index (χ4n) is 3.68. The number of aromatic amines is 1. The number of H-pyrrole nitrogens is 1. The number of benzene rings is 2. The van der Waals surface area contributed by atoms with Crippen LogP contribution in [0.1, 0.15) is 12.7 Å². The van der Waals surface area contributed by atoms with Crippen molar-refractivity contribution >= 4 is 22.7 Å². The molecule has 6 nitrogen and oxygen atoms in total. The Morgan fingerprint density at radius 1 is 1.10 bits per heavy atom. The van der Waals surface area contributed by atoms with Crippen molar-refractivity contribution in [1.82, 2.24) is 20.2 Å². The lowest BCUT2D eigenvalue weighted by molar-refractivity contribution is 0.371. The normalized spacial score (nSPS) is 15.2. The first kappa shape index (κ1) is 19.2. The first-order chi connectivity index (χ1) is 14.2. The van der Waals surface area contributed by atoms with E-state index in [0.717, 1.165) is 62.0 Å². The summed E-state index contributed by atoms with van der Waals surface area (Å²) in [5, 5.41) is 3.38. The molecule has 2 aromatic carbocycles. The van der Waals surface area contributed by atoms with Crippen LogP contribution in [0.4, 0.5) is 10.1 Å². The van der Waals surface area contributed by atoms with Crippen molar-refractivity contribution in [2.24, 2.45) is 4.99 Å². The second-order valence-corrected chi connectivity index (χ2v) is 7.11. The van der Waals surface area contributed by atoms with E-state index in [1.165, 1.54) is 6.07 Å². The minimum atomic E-state index is -0.160. The largest absolute Gasteiger partial charge is 0.366 e. The van der Waals surface area contributed by atoms with Crippen LogP contribution in [0.2, 0.25) is 0 Å². The Balaban J connectivity index is 1.36. The van der Waals surface area contributed by atoms with E-state index in [1.807, 2.05) is 36.4 Å². The third-order valence-electron chi connectivity index (χ3n) is 5.16. The number of para-hydroxylation sites is 3. The van der Waals surface area contributed by atoms with Gasteiger partial charge in [-0.25, -0.2) is 9.37 Å². The zero-order chi connectivity index (χ0) is 20.1. The first-order valence-corrected chi connectivity index (χ1v) is 10.2. The van der Waals surface area contributed by atoms with Crippen molar-refractivity contribution in [3.05, 3.63) is 60.2 Å². The molecule has 0 aliphatic carbocycles. The van der Waals surface area contributed by atoms with Gasteiger partial charge in [-0.15, -0.1) is 0 Å². The van der Waals surface area contributed by atoms with Crippen molar-refractivity contribution in [1.29, 1.82) is 0 Å². The molecule has 0 amide bonds. The number of aromatic nitrogens is 2. The number of guanidine groups is 1. The summed E-state index contributed by atoms with van der Waals surface area (Å²) >= 11 is 0. The number of nitrogens with one attached hydrogen (secondary N) is 2. The van der Waals surface area contributed by atoms with E-state index in [-0.39, 0.29) is 5.82 Å². The maximum Gasteiger partial charge on any atom is 0.194 e. The molecule has 1 aliphatic heterocycles. The lowest BCUT2D eigenvalue weighted by Crippen LogP contribution is -2.52. The lowest BCUT2D eigenvalue weighted by Gasteiger charge is -2.37. The average Bonchev–Trinajstić information content (AvgIpc) is 3.16. The van der Waals surface area contributed by atoms with E-state index >= 15 is 0 Å². The van der Waals surface area contributed by atoms with Gasteiger partial charge in [0.25, 0.3) is 0 Å². The van der Waals surface area contributed by atoms with Crippen LogP contribution in [-0.2, 0) is 6.42 Å². The van der Waals surface area contributed by atoms with Crippen molar-refractivity contribution in [3.8, 4) is 0 Å². The highest BCUT2D eigenvalue weighted by atomic mass is 19.1. The van der Waals surface area contributed by atoms with Gasteiger partial charge in [0.2, 0.25) is 0 Å². The van der Waals surface area contributed by atoms with Crippen LogP contribution in [0.3, 0.4) is 0 Å². The van der Waals surface area contributed by atoms with Gasteiger partial charge in [-0.05, 0) is 31.2 Å². The van der Waals surface area contributed by atoms with Crippen molar-refractivity contribution in [3.63, 3.8) is 0 Å². The van der Waals surface area contributed by atoms with Crippen LogP contribution in [-0.4, -0.2) is 60.1 Å². The molecular weight excluding hydrogens is 367 g/mol. The molecule has 1 aromatic heterocycles. The molecule has 152 valence electrons. The van der Waals surface area contributed by atoms with Crippen molar-refractivity contribution < 1.29 is 4.39 Å². The maximum absolute atomic E-state index is 14.1. The Morgan fingerprint density at radius 3 is 2.62 bits per heavy atom. The molecule has 29 heavy (non-hydrogen) atoms. The third-order valence-corrected chi connectivity index (χ3v) is 5.16. The molecule has 0 spiro atoms. The molecule has 0 radical (unpaired) electrons. The van der Waals surface area contributed by atoms with Gasteiger partial charge in [0.15, 0.2) is 5.96 Å². The smallest absolute Gasteiger partial charge is 0.194 e. The monoisotopic (exact) mass is 394 g/mol. The Kier molecular flexibility index (Phi) is 5.93. The quantitative estimate of drug-likeness (QED) is 0.516. The van der Waals surface area contributed by atoms with Gasteiger partial charge in [0, 0.05) is 45.7 Å². The molecule has 1 fully saturated rings. The maximum atomic E-state index is 14.1. The molecule has 1 aliphatic rings. The molecule has 3 aromatic rings. The Bertz CT molecular complexity index is 941. The van der Waals surface area contributed by atoms with E-state index in [1.54, 1.807) is 6.07 Å². The standard InChI is InChI=1S/C22H27FN6/c1-2-24-22(25-12-11-21-26-18-8-4-5-9-19(18)27-21)29-15-13-28(14-16-29)20-10-6-3-7-17(20)23/h3-10H,2,11-16H2,1H3,(H,24,25)(H,26,27). The first-order valence-electron chi connectivity index (χ1n) is 10.2. The van der Waals surface area contributed by atoms with Crippen LogP contribution in [0.25, 0.3) is 11.0 Å². The molecule has 2 N–H and O–H groups in total. The molecule has 0 atom stereocenters. The predicted octanol–water partition coefficient (Wildman–Crippen LogP) is 3.03. The average molecular weight is 394 g/mol. The zero-order valence-electron chi connectivity index (χ0n) is 16.7. The van der Waals surface area contributed by atoms with Gasteiger partial charge >= 0.3 is 0 Å². The van der Waals surface area contributed by atoms with Crippen LogP contribution < -0.4 is 10.2 Å². The number of anilines is 1. The number of fused-ring (bicyclic) bond motifs is 1. The van der Waals surface area contributed by atoms with Gasteiger partial charge in [-0.1, -0.05) is 24.3 Å². The molecule has 4 rings (SSSR count). The van der Waals surface area contributed by atoms with Gasteiger partial charge in [0.1, 0.15) is 11.6 Å². The summed E-state index contributed by atoms with van der Waals surface area (Å²) in [7, 11) is 0. The van der Waals surface area contributed by atoms with Crippen LogP contribution in [0.15, 0.2) is 53.5 Å². The summed E-state index contributed by atoms with van der Waals surface area (Å²) in [6.45, 7) is 6.72. The Morgan fingerprint density at radius 2 is 1.86 bits per heavy atom. The number of halogens is 1. The number of rotatable bonds is 5. The van der Waals surface area contributed by atoms with E-state index in [4.69, 9.17) is 4.99 Å². The number of nitrogens with zero attached hydrogens (tertiary/aromatic N) is 4. The summed E-state index contributed by atoms with van der Waals surface area (Å²) in [6, 6.07) is 15.0. The summed E-state index contributed by atoms with van der Waals surface area (Å²) in [4.78, 5) is 17.1. The number of piperazine rings is 1. The van der Waals surface area contributed by atoms with E-state index in [0.29, 0.717) is 12.2 Å². The van der Waals surface area contributed by atoms with Gasteiger partial charge < -0.3 is 20.1 Å². The van der Waals surface area contributed by atoms with Gasteiger partial charge in [0.05, 0.1) is 16.7 Å². The molecule has 0 unspecified atom stereocenters. The molecule has 1 saturated heterocycles. The Labute approximate surface area is 170 Å². The highest BCUT2D eigenvalue weighted by molar-refractivity contribution is 5.80. The third kappa shape index (κ3) is 4.50. The number of hydrogen-bond acceptors (Lipinski definition) is 3. The van der Waals surface area contributed by atoms with Crippen LogP contribution in [0.5, 0.6) is 0 Å². The van der Waals surface area contributed by atoms with E-state index < -0.39 is 0 Å². The van der Waals surface area contributed by atoms with Crippen LogP contribution >= 0.6 is 0 Å². The van der Waals surface area contributed by atoms with Gasteiger partial charge in [-0.2, -0.15) is 0 Å². The Hall–Kier alpha value is -3.09. The van der Waals surface area contributed by atoms with Gasteiger partial charge in [-0.3, -0.25) is 4.99 Å². The predicted molar refractivity (Wildman–Crippen MR) is 116 cm³/mol. The highest BCUT2D eigenvalue weighted by Crippen LogP contribution is 2.20. The minimum absolute atomic E-state index is 0.160. The summed E-state index contributed by atoms with van der Waals surface area (Å²) in [5.74, 6) is 1.71. The highest BCUT2D eigenvalue weighted by Gasteiger charge is 2.21. The number of hydrogen-bond donors (Lipinski definition) is 2. The topological polar surface area (TPSA) is 59.6 Å². The summed E-state index contributed by atoms with van der Waals surface area (Å²) in [5.41, 5.74) is 2.73. The molecular formula is C22H27FN6. The lowest BCUT2D eigenvalue weighted by atomic mass is 10.2. The fourth-order valence-corrected chi connectivity index (χ4v) is 3.68. The molecule has 0 bridgehead atoms. The number of imidazole rings is 1. The number of aliphatic imine (C=N–C) groups is 1. The van der Waals surface area contributed by atoms with Crippen LogP contribution in [0, 0.1) is 5.82 Å². The second-order valence-electron chi connectivity index (χ2n) is 7.11. The molecule has 2 heterocycles. The fraction of sp³-hybridized carbons (Fsp3) is 0.364. The summed E-state index contributed by atoms with van der Waals surface area (Å²) in [6.07, 6.45) is 0.763. The van der Waals surface area contributed by atoms with Crippen molar-refractivity contribution in [2.45, 2.75) is 13.3 Å². The minimum Gasteiger partial charge on any atom is -0.366 e. The molecule has 0 saturated carbocycles.